The molecule has 3 heteroatoms. The van der Waals surface area contributed by atoms with Gasteiger partial charge in [-0.15, -0.1) is 0 Å². The van der Waals surface area contributed by atoms with Gasteiger partial charge in [-0.3, -0.25) is 0 Å². The minimum absolute atomic E-state index is 0.364. The molecule has 0 amide bonds. The summed E-state index contributed by atoms with van der Waals surface area (Å²) in [5.41, 5.74) is 8.83. The Kier molecular flexibility index (Phi) is 3.88. The predicted molar refractivity (Wildman–Crippen MR) is 74.5 cm³/mol. The van der Waals surface area contributed by atoms with Gasteiger partial charge in [0.05, 0.1) is 11.3 Å². The van der Waals surface area contributed by atoms with Gasteiger partial charge < -0.3 is 10.6 Å². The van der Waals surface area contributed by atoms with E-state index in [2.05, 4.69) is 30.0 Å². The lowest BCUT2D eigenvalue weighted by Gasteiger charge is -2.42. The zero-order valence-corrected chi connectivity index (χ0v) is 11.2. The van der Waals surface area contributed by atoms with Crippen molar-refractivity contribution in [3.05, 3.63) is 29.3 Å². The zero-order valence-electron chi connectivity index (χ0n) is 11.2. The number of anilines is 1. The number of nitrogens with zero attached hydrogens (tertiary/aromatic N) is 2. The average Bonchev–Trinajstić information content (AvgIpc) is 2.38. The van der Waals surface area contributed by atoms with E-state index in [1.165, 1.54) is 12.8 Å². The van der Waals surface area contributed by atoms with Crippen molar-refractivity contribution in [1.29, 1.82) is 5.26 Å². The number of rotatable bonds is 2. The highest BCUT2D eigenvalue weighted by molar-refractivity contribution is 5.61. The molecule has 0 aromatic heterocycles. The van der Waals surface area contributed by atoms with E-state index in [4.69, 9.17) is 5.73 Å². The first-order valence-corrected chi connectivity index (χ1v) is 6.66. The molecule has 1 aromatic carbocycles. The highest BCUT2D eigenvalue weighted by atomic mass is 15.2. The van der Waals surface area contributed by atoms with E-state index < -0.39 is 0 Å². The third-order valence-electron chi connectivity index (χ3n) is 3.85. The fourth-order valence-corrected chi connectivity index (χ4v) is 2.92. The van der Waals surface area contributed by atoms with Gasteiger partial charge in [-0.2, -0.15) is 5.26 Å². The molecule has 2 unspecified atom stereocenters. The highest BCUT2D eigenvalue weighted by Crippen LogP contribution is 2.31. The first kappa shape index (κ1) is 12.9. The van der Waals surface area contributed by atoms with Crippen LogP contribution < -0.4 is 10.6 Å². The van der Waals surface area contributed by atoms with Crippen molar-refractivity contribution < 1.29 is 0 Å². The number of hydrogen-bond donors (Lipinski definition) is 1. The number of piperidine rings is 1. The maximum absolute atomic E-state index is 9.31. The van der Waals surface area contributed by atoms with Gasteiger partial charge in [0.1, 0.15) is 6.07 Å². The Morgan fingerprint density at radius 1 is 1.44 bits per heavy atom. The molecule has 0 spiro atoms. The van der Waals surface area contributed by atoms with E-state index in [9.17, 15) is 5.26 Å². The molecular weight excluding hydrogens is 222 g/mol. The van der Waals surface area contributed by atoms with Crippen LogP contribution in [0.15, 0.2) is 18.2 Å². The molecule has 1 aromatic rings. The molecule has 0 bridgehead atoms. The Labute approximate surface area is 109 Å². The molecule has 1 heterocycles. The summed E-state index contributed by atoms with van der Waals surface area (Å²) in [6.07, 6.45) is 3.53. The molecule has 1 aliphatic rings. The third-order valence-corrected chi connectivity index (χ3v) is 3.85. The van der Waals surface area contributed by atoms with Crippen molar-refractivity contribution in [3.8, 4) is 6.07 Å². The van der Waals surface area contributed by atoms with E-state index in [0.717, 1.165) is 23.2 Å². The molecule has 0 saturated carbocycles. The molecule has 2 atom stereocenters. The Bertz CT molecular complexity index is 461. The van der Waals surface area contributed by atoms with Crippen LogP contribution in [0.3, 0.4) is 0 Å². The highest BCUT2D eigenvalue weighted by Gasteiger charge is 2.28. The molecule has 2 N–H and O–H groups in total. The molecule has 0 aliphatic carbocycles. The molecule has 1 aliphatic heterocycles. The summed E-state index contributed by atoms with van der Waals surface area (Å²) in [5.74, 6) is 0. The van der Waals surface area contributed by atoms with Crippen molar-refractivity contribution in [2.24, 2.45) is 5.73 Å². The van der Waals surface area contributed by atoms with Crippen molar-refractivity contribution in [2.75, 3.05) is 11.4 Å². The van der Waals surface area contributed by atoms with Crippen LogP contribution in [0.2, 0.25) is 0 Å². The second-order valence-electron chi connectivity index (χ2n) is 5.21. The lowest BCUT2D eigenvalue weighted by molar-refractivity contribution is 0.400. The minimum atomic E-state index is 0.364. The van der Waals surface area contributed by atoms with Crippen LogP contribution in [0.4, 0.5) is 5.69 Å². The molecule has 3 nitrogen and oxygen atoms in total. The van der Waals surface area contributed by atoms with Crippen LogP contribution in [0.1, 0.15) is 37.3 Å². The SMILES string of the molecule is Cc1ccc(N2C(C)CCCC2CN)c(C#N)c1. The normalized spacial score (nSPS) is 23.8. The van der Waals surface area contributed by atoms with Crippen LogP contribution in [0, 0.1) is 18.3 Å². The summed E-state index contributed by atoms with van der Waals surface area (Å²) in [6, 6.07) is 9.25. The lowest BCUT2D eigenvalue weighted by atomic mass is 9.94. The van der Waals surface area contributed by atoms with E-state index in [1.54, 1.807) is 0 Å². The molecule has 96 valence electrons. The van der Waals surface area contributed by atoms with E-state index >= 15 is 0 Å². The number of nitriles is 1. The summed E-state index contributed by atoms with van der Waals surface area (Å²) in [6.45, 7) is 4.90. The topological polar surface area (TPSA) is 53.0 Å². The number of aryl methyl sites for hydroxylation is 1. The van der Waals surface area contributed by atoms with Crippen LogP contribution in [0.5, 0.6) is 0 Å². The third kappa shape index (κ3) is 2.34. The maximum atomic E-state index is 9.31. The first-order valence-electron chi connectivity index (χ1n) is 6.66. The summed E-state index contributed by atoms with van der Waals surface area (Å²) in [5, 5.41) is 9.31. The Balaban J connectivity index is 2.42. The molecule has 0 radical (unpaired) electrons. The zero-order chi connectivity index (χ0) is 13.1. The van der Waals surface area contributed by atoms with Crippen molar-refractivity contribution >= 4 is 5.69 Å². The van der Waals surface area contributed by atoms with E-state index in [-0.39, 0.29) is 0 Å². The van der Waals surface area contributed by atoms with Gasteiger partial charge in [0.2, 0.25) is 0 Å². The number of hydrogen-bond acceptors (Lipinski definition) is 3. The second-order valence-corrected chi connectivity index (χ2v) is 5.21. The molecule has 1 saturated heterocycles. The van der Waals surface area contributed by atoms with Crippen LogP contribution in [-0.4, -0.2) is 18.6 Å². The van der Waals surface area contributed by atoms with Crippen molar-refractivity contribution in [2.45, 2.75) is 45.2 Å². The lowest BCUT2D eigenvalue weighted by Crippen LogP contribution is -2.49. The predicted octanol–water partition coefficient (Wildman–Crippen LogP) is 2.57. The largest absolute Gasteiger partial charge is 0.364 e. The summed E-state index contributed by atoms with van der Waals surface area (Å²) >= 11 is 0. The fraction of sp³-hybridized carbons (Fsp3) is 0.533. The van der Waals surface area contributed by atoms with Gasteiger partial charge in [-0.1, -0.05) is 6.07 Å². The van der Waals surface area contributed by atoms with Crippen molar-refractivity contribution in [1.82, 2.24) is 0 Å². The van der Waals surface area contributed by atoms with Gasteiger partial charge in [-0.25, -0.2) is 0 Å². The second kappa shape index (κ2) is 5.41. The number of nitrogens with two attached hydrogens (primary N) is 1. The smallest absolute Gasteiger partial charge is 0.101 e. The monoisotopic (exact) mass is 243 g/mol. The standard InChI is InChI=1S/C15H21N3/c1-11-6-7-15(13(8-11)9-16)18-12(2)4-3-5-14(18)10-17/h6-8,12,14H,3-5,10,17H2,1-2H3. The Morgan fingerprint density at radius 2 is 2.22 bits per heavy atom. The van der Waals surface area contributed by atoms with Crippen molar-refractivity contribution in [3.63, 3.8) is 0 Å². The van der Waals surface area contributed by atoms with Crippen LogP contribution >= 0.6 is 0 Å². The Hall–Kier alpha value is -1.53. The van der Waals surface area contributed by atoms with Gasteiger partial charge in [0.25, 0.3) is 0 Å². The van der Waals surface area contributed by atoms with E-state index in [0.29, 0.717) is 18.6 Å². The van der Waals surface area contributed by atoms with Gasteiger partial charge in [-0.05, 0) is 50.8 Å². The number of benzene rings is 1. The maximum Gasteiger partial charge on any atom is 0.101 e. The molecular formula is C15H21N3. The summed E-state index contributed by atoms with van der Waals surface area (Å²) in [4.78, 5) is 2.35. The van der Waals surface area contributed by atoms with Gasteiger partial charge in [0.15, 0.2) is 0 Å². The van der Waals surface area contributed by atoms with E-state index in [1.807, 2.05) is 13.0 Å². The Morgan fingerprint density at radius 3 is 2.89 bits per heavy atom. The summed E-state index contributed by atoms with van der Waals surface area (Å²) < 4.78 is 0. The summed E-state index contributed by atoms with van der Waals surface area (Å²) in [7, 11) is 0. The first-order chi connectivity index (χ1) is 8.67. The van der Waals surface area contributed by atoms with Gasteiger partial charge in [0, 0.05) is 18.6 Å². The molecule has 18 heavy (non-hydrogen) atoms. The van der Waals surface area contributed by atoms with Gasteiger partial charge >= 0.3 is 0 Å². The average molecular weight is 243 g/mol. The van der Waals surface area contributed by atoms with Crippen LogP contribution in [-0.2, 0) is 0 Å². The molecule has 1 fully saturated rings. The quantitative estimate of drug-likeness (QED) is 0.868. The minimum Gasteiger partial charge on any atom is -0.364 e. The molecule has 2 rings (SSSR count). The fourth-order valence-electron chi connectivity index (χ4n) is 2.92. The van der Waals surface area contributed by atoms with Crippen LogP contribution in [0.25, 0.3) is 0 Å².